The number of aliphatic hydroxyl groups is 1. The van der Waals surface area contributed by atoms with Crippen molar-refractivity contribution < 1.29 is 33.3 Å². The van der Waals surface area contributed by atoms with Gasteiger partial charge in [0.15, 0.2) is 23.0 Å². The Kier molecular flexibility index (Phi) is 6.73. The van der Waals surface area contributed by atoms with Crippen molar-refractivity contribution in [1.82, 2.24) is 4.90 Å². The number of carbonyl (C=O) groups excluding carboxylic acids is 2. The van der Waals surface area contributed by atoms with E-state index >= 15 is 0 Å². The van der Waals surface area contributed by atoms with Gasteiger partial charge in [-0.2, -0.15) is 0 Å². The third-order valence-corrected chi connectivity index (χ3v) is 6.72. The first-order valence-corrected chi connectivity index (χ1v) is 12.0. The molecule has 2 heterocycles. The molecule has 8 nitrogen and oxygen atoms in total. The minimum Gasteiger partial charge on any atom is -0.503 e. The summed E-state index contributed by atoms with van der Waals surface area (Å²) in [7, 11) is 4.60. The largest absolute Gasteiger partial charge is 0.503 e. The van der Waals surface area contributed by atoms with Crippen molar-refractivity contribution >= 4 is 34.3 Å². The summed E-state index contributed by atoms with van der Waals surface area (Å²) in [6.07, 6.45) is 0. The van der Waals surface area contributed by atoms with Crippen LogP contribution in [0.5, 0.6) is 17.2 Å². The van der Waals surface area contributed by atoms with E-state index in [1.165, 1.54) is 19.1 Å². The van der Waals surface area contributed by atoms with E-state index in [1.54, 1.807) is 73.8 Å². The number of hydrogen-bond acceptors (Lipinski definition) is 7. The topological polar surface area (TPSA) is 98.4 Å². The van der Waals surface area contributed by atoms with Crippen molar-refractivity contribution in [3.8, 4) is 17.2 Å². The Hall–Kier alpha value is -4.43. The maximum Gasteiger partial charge on any atom is 0.290 e. The first kappa shape index (κ1) is 25.2. The highest BCUT2D eigenvalue weighted by Crippen LogP contribution is 2.41. The van der Waals surface area contributed by atoms with E-state index in [9.17, 15) is 14.7 Å². The van der Waals surface area contributed by atoms with Crippen molar-refractivity contribution in [2.75, 3.05) is 21.3 Å². The minimum absolute atomic E-state index is 0.0110. The SMILES string of the molecule is COc1ccc(C2C(C(=O)c3cc4cc(Cl)ccc4o3)=C(O)C(=O)N2Cc2ccc(OC)c(OC)c2)cc1. The van der Waals surface area contributed by atoms with E-state index in [1.807, 2.05) is 0 Å². The number of aliphatic hydroxyl groups excluding tert-OH is 1. The summed E-state index contributed by atoms with van der Waals surface area (Å²) in [5.74, 6) is -0.274. The molecule has 1 atom stereocenters. The molecule has 0 aliphatic carbocycles. The second kappa shape index (κ2) is 10.1. The fourth-order valence-electron chi connectivity index (χ4n) is 4.62. The van der Waals surface area contributed by atoms with E-state index in [0.29, 0.717) is 38.8 Å². The molecule has 1 aliphatic rings. The lowest BCUT2D eigenvalue weighted by atomic mass is 9.94. The molecule has 38 heavy (non-hydrogen) atoms. The molecule has 1 unspecified atom stereocenters. The third-order valence-electron chi connectivity index (χ3n) is 6.48. The molecule has 0 fully saturated rings. The first-order valence-electron chi connectivity index (χ1n) is 11.7. The predicted molar refractivity (Wildman–Crippen MR) is 141 cm³/mol. The molecule has 1 N–H and O–H groups in total. The number of amides is 1. The zero-order chi connectivity index (χ0) is 27.0. The second-order valence-corrected chi connectivity index (χ2v) is 9.12. The van der Waals surface area contributed by atoms with Gasteiger partial charge in [-0.05, 0) is 59.7 Å². The molecule has 0 spiro atoms. The Bertz CT molecular complexity index is 1570. The van der Waals surface area contributed by atoms with Crippen molar-refractivity contribution in [3.63, 3.8) is 0 Å². The van der Waals surface area contributed by atoms with Crippen LogP contribution in [-0.2, 0) is 11.3 Å². The Morgan fingerprint density at radius 2 is 1.68 bits per heavy atom. The van der Waals surface area contributed by atoms with Gasteiger partial charge in [0.25, 0.3) is 5.91 Å². The molecular weight excluding hydrogens is 510 g/mol. The van der Waals surface area contributed by atoms with Crippen LogP contribution in [0.2, 0.25) is 5.02 Å². The molecule has 1 amide bonds. The van der Waals surface area contributed by atoms with Crippen molar-refractivity contribution in [2.24, 2.45) is 0 Å². The summed E-state index contributed by atoms with van der Waals surface area (Å²) in [6, 6.07) is 17.9. The van der Waals surface area contributed by atoms with Gasteiger partial charge in [0.05, 0.1) is 32.9 Å². The lowest BCUT2D eigenvalue weighted by molar-refractivity contribution is -0.130. The van der Waals surface area contributed by atoms with Gasteiger partial charge in [-0.15, -0.1) is 0 Å². The number of halogens is 1. The lowest BCUT2D eigenvalue weighted by Gasteiger charge is -2.27. The van der Waals surface area contributed by atoms with Gasteiger partial charge in [-0.1, -0.05) is 29.8 Å². The second-order valence-electron chi connectivity index (χ2n) is 8.68. The number of furan rings is 1. The van der Waals surface area contributed by atoms with Crippen molar-refractivity contribution in [2.45, 2.75) is 12.6 Å². The number of Topliss-reactive ketones (excluding diaryl/α,β-unsaturated/α-hetero) is 1. The molecular formula is C29H24ClNO7. The average Bonchev–Trinajstić information content (AvgIpc) is 3.46. The van der Waals surface area contributed by atoms with Crippen LogP contribution in [0.4, 0.5) is 0 Å². The normalized spacial score (nSPS) is 15.3. The Morgan fingerprint density at radius 3 is 2.37 bits per heavy atom. The molecule has 0 saturated heterocycles. The summed E-state index contributed by atoms with van der Waals surface area (Å²) in [6.45, 7) is 0.0897. The summed E-state index contributed by atoms with van der Waals surface area (Å²) >= 11 is 6.09. The molecule has 4 aromatic rings. The average molecular weight is 534 g/mol. The highest BCUT2D eigenvalue weighted by Gasteiger charge is 2.44. The summed E-state index contributed by atoms with van der Waals surface area (Å²) in [4.78, 5) is 28.6. The first-order chi connectivity index (χ1) is 18.3. The lowest BCUT2D eigenvalue weighted by Crippen LogP contribution is -2.30. The molecule has 0 radical (unpaired) electrons. The maximum absolute atomic E-state index is 13.8. The molecule has 3 aromatic carbocycles. The number of benzene rings is 3. The molecule has 1 aromatic heterocycles. The van der Waals surface area contributed by atoms with Crippen LogP contribution < -0.4 is 14.2 Å². The molecule has 0 bridgehead atoms. The number of rotatable bonds is 8. The summed E-state index contributed by atoms with van der Waals surface area (Å²) in [5, 5.41) is 12.1. The van der Waals surface area contributed by atoms with Crippen LogP contribution in [0.15, 0.2) is 82.5 Å². The minimum atomic E-state index is -0.884. The number of fused-ring (bicyclic) bond motifs is 1. The van der Waals surface area contributed by atoms with Crippen LogP contribution in [0.1, 0.15) is 27.7 Å². The quantitative estimate of drug-likeness (QED) is 0.282. The number of hydrogen-bond donors (Lipinski definition) is 1. The molecule has 194 valence electrons. The monoisotopic (exact) mass is 533 g/mol. The van der Waals surface area contributed by atoms with E-state index in [4.69, 9.17) is 30.2 Å². The third kappa shape index (κ3) is 4.43. The maximum atomic E-state index is 13.8. The standard InChI is InChI=1S/C29H24ClNO7/c1-35-20-8-5-17(6-9-20)26-25(27(32)24-14-18-13-19(30)7-11-21(18)38-24)28(33)29(34)31(26)15-16-4-10-22(36-2)23(12-16)37-3/h4-14,26,33H,15H2,1-3H3. The molecule has 9 heteroatoms. The van der Waals surface area contributed by atoms with Crippen LogP contribution in [0.25, 0.3) is 11.0 Å². The molecule has 1 aliphatic heterocycles. The Balaban J connectivity index is 1.58. The van der Waals surface area contributed by atoms with Crippen LogP contribution in [-0.4, -0.2) is 43.0 Å². The summed E-state index contributed by atoms with van der Waals surface area (Å²) < 4.78 is 21.8. The van der Waals surface area contributed by atoms with Crippen LogP contribution >= 0.6 is 11.6 Å². The Labute approximate surface area is 223 Å². The fourth-order valence-corrected chi connectivity index (χ4v) is 4.80. The zero-order valence-electron chi connectivity index (χ0n) is 20.9. The van der Waals surface area contributed by atoms with E-state index < -0.39 is 23.5 Å². The number of carbonyl (C=O) groups is 2. The molecule has 0 saturated carbocycles. The number of ketones is 1. The Morgan fingerprint density at radius 1 is 0.947 bits per heavy atom. The van der Waals surface area contributed by atoms with Gasteiger partial charge in [0, 0.05) is 17.0 Å². The number of nitrogens with zero attached hydrogens (tertiary/aromatic N) is 1. The zero-order valence-corrected chi connectivity index (χ0v) is 21.6. The van der Waals surface area contributed by atoms with Gasteiger partial charge < -0.3 is 28.6 Å². The smallest absolute Gasteiger partial charge is 0.290 e. The highest BCUT2D eigenvalue weighted by molar-refractivity contribution is 6.31. The van der Waals surface area contributed by atoms with Gasteiger partial charge in [-0.3, -0.25) is 9.59 Å². The van der Waals surface area contributed by atoms with Crippen molar-refractivity contribution in [1.29, 1.82) is 0 Å². The van der Waals surface area contributed by atoms with Gasteiger partial charge in [0.1, 0.15) is 11.3 Å². The highest BCUT2D eigenvalue weighted by atomic mass is 35.5. The van der Waals surface area contributed by atoms with Gasteiger partial charge in [0.2, 0.25) is 5.78 Å². The van der Waals surface area contributed by atoms with Crippen molar-refractivity contribution in [3.05, 3.63) is 100.0 Å². The van der Waals surface area contributed by atoms with Gasteiger partial charge in [-0.25, -0.2) is 0 Å². The number of methoxy groups -OCH3 is 3. The van der Waals surface area contributed by atoms with Crippen LogP contribution in [0, 0.1) is 0 Å². The van der Waals surface area contributed by atoms with E-state index in [0.717, 1.165) is 5.56 Å². The van der Waals surface area contributed by atoms with Crippen LogP contribution in [0.3, 0.4) is 0 Å². The van der Waals surface area contributed by atoms with E-state index in [-0.39, 0.29) is 17.9 Å². The van der Waals surface area contributed by atoms with E-state index in [2.05, 4.69) is 0 Å². The summed E-state index contributed by atoms with van der Waals surface area (Å²) in [5.41, 5.74) is 1.72. The fraction of sp³-hybridized carbons (Fsp3) is 0.172. The van der Waals surface area contributed by atoms with Gasteiger partial charge >= 0.3 is 0 Å². The predicted octanol–water partition coefficient (Wildman–Crippen LogP) is 5.89. The molecule has 5 rings (SSSR count). The number of ether oxygens (including phenoxy) is 3.